The topological polar surface area (TPSA) is 122 Å². The number of Topliss-reactive ketones (excluding diaryl/α,β-unsaturated/α-hetero) is 1. The predicted octanol–water partition coefficient (Wildman–Crippen LogP) is 2.51. The van der Waals surface area contributed by atoms with E-state index in [0.29, 0.717) is 23.5 Å². The molecule has 10 heteroatoms. The Morgan fingerprint density at radius 1 is 1.36 bits per heavy atom. The number of carbonyl (C=O) groups is 1. The zero-order chi connectivity index (χ0) is 23.4. The van der Waals surface area contributed by atoms with Crippen LogP contribution in [0.25, 0.3) is 11.0 Å². The van der Waals surface area contributed by atoms with E-state index in [-0.39, 0.29) is 29.3 Å². The Kier molecular flexibility index (Phi) is 6.82. The quantitative estimate of drug-likeness (QED) is 0.419. The molecule has 0 amide bonds. The summed E-state index contributed by atoms with van der Waals surface area (Å²) in [5.41, 5.74) is 7.01. The zero-order valence-corrected chi connectivity index (χ0v) is 19.1. The lowest BCUT2D eigenvalue weighted by Gasteiger charge is -2.39. The molecule has 0 bridgehead atoms. The van der Waals surface area contributed by atoms with E-state index >= 15 is 0 Å². The van der Waals surface area contributed by atoms with E-state index in [4.69, 9.17) is 28.0 Å². The number of nitrogens with two attached hydrogens (primary N) is 1. The molecule has 0 spiro atoms. The number of ketones is 1. The molecule has 2 atom stereocenters. The normalized spacial score (nSPS) is 17.9. The Morgan fingerprint density at radius 3 is 2.91 bits per heavy atom. The lowest BCUT2D eigenvalue weighted by atomic mass is 9.86. The molecule has 4 rings (SSSR count). The number of aromatic nitrogens is 3. The third-order valence-electron chi connectivity index (χ3n) is 5.93. The number of carbonyl (C=O) groups excluding carboxylic acids is 1. The molecule has 170 valence electrons. The van der Waals surface area contributed by atoms with Crippen molar-refractivity contribution in [3.8, 4) is 11.8 Å². The number of rotatable bonds is 6. The number of nitrogens with one attached hydrogen (secondary N) is 1. The highest BCUT2D eigenvalue weighted by Crippen LogP contribution is 2.30. The van der Waals surface area contributed by atoms with Gasteiger partial charge in [-0.2, -0.15) is 5.26 Å². The summed E-state index contributed by atoms with van der Waals surface area (Å²) in [7, 11) is 1.97. The number of ether oxygens (including phenoxy) is 1. The number of thiocarbonyl (C=S) groups is 1. The first-order chi connectivity index (χ1) is 16.0. The van der Waals surface area contributed by atoms with E-state index in [1.807, 2.05) is 25.4 Å². The first-order valence-corrected chi connectivity index (χ1v) is 11.1. The summed E-state index contributed by atoms with van der Waals surface area (Å²) in [4.78, 5) is 23.2. The summed E-state index contributed by atoms with van der Waals surface area (Å²) >= 11 is 5.50. The summed E-state index contributed by atoms with van der Waals surface area (Å²) in [5, 5.41) is 13.3. The third kappa shape index (κ3) is 4.94. The maximum absolute atomic E-state index is 12.1. The second kappa shape index (κ2) is 9.94. The minimum atomic E-state index is -0.0492. The van der Waals surface area contributed by atoms with Gasteiger partial charge in [-0.3, -0.25) is 9.36 Å². The van der Waals surface area contributed by atoms with Crippen molar-refractivity contribution in [2.75, 3.05) is 30.8 Å². The molecule has 3 aromatic rings. The van der Waals surface area contributed by atoms with E-state index in [9.17, 15) is 4.79 Å². The van der Waals surface area contributed by atoms with Crippen molar-refractivity contribution < 1.29 is 9.53 Å². The van der Waals surface area contributed by atoms with Crippen LogP contribution in [0.4, 0.5) is 11.5 Å². The number of anilines is 2. The lowest BCUT2D eigenvalue weighted by Crippen LogP contribution is -2.50. The van der Waals surface area contributed by atoms with Crippen LogP contribution < -0.4 is 20.7 Å². The molecule has 3 heterocycles. The number of fused-ring (bicyclic) bond motifs is 1. The predicted molar refractivity (Wildman–Crippen MR) is 130 cm³/mol. The van der Waals surface area contributed by atoms with E-state index in [2.05, 4.69) is 20.2 Å². The van der Waals surface area contributed by atoms with E-state index in [1.54, 1.807) is 28.8 Å². The van der Waals surface area contributed by atoms with Crippen LogP contribution in [0.3, 0.4) is 0 Å². The molecule has 9 nitrogen and oxygen atoms in total. The summed E-state index contributed by atoms with van der Waals surface area (Å²) < 4.78 is 7.51. The van der Waals surface area contributed by atoms with Gasteiger partial charge in [-0.15, -0.1) is 0 Å². The molecule has 3 N–H and O–H groups in total. The summed E-state index contributed by atoms with van der Waals surface area (Å²) in [6, 6.07) is 10.9. The molecule has 1 saturated heterocycles. The average molecular weight is 464 g/mol. The molecule has 0 aliphatic carbocycles. The molecule has 1 fully saturated rings. The molecular formula is C23H25N7O2S. The van der Waals surface area contributed by atoms with Crippen molar-refractivity contribution in [3.63, 3.8) is 0 Å². The Hall–Kier alpha value is -3.55. The minimum Gasteiger partial charge on any atom is -0.431 e. The largest absolute Gasteiger partial charge is 0.431 e. The molecule has 1 aliphatic rings. The number of likely N-dealkylation sites (N-methyl/N-ethyl adjacent to an activating group) is 1. The van der Waals surface area contributed by atoms with E-state index in [1.165, 1.54) is 6.33 Å². The van der Waals surface area contributed by atoms with Gasteiger partial charge in [0.05, 0.1) is 17.9 Å². The van der Waals surface area contributed by atoms with Crippen molar-refractivity contribution in [2.24, 2.45) is 5.92 Å². The fraction of sp³-hybridized carbons (Fsp3) is 0.348. The van der Waals surface area contributed by atoms with E-state index < -0.39 is 0 Å². The van der Waals surface area contributed by atoms with Gasteiger partial charge >= 0.3 is 0 Å². The van der Waals surface area contributed by atoms with Crippen LogP contribution in [-0.2, 0) is 4.79 Å². The molecular weight excluding hydrogens is 438 g/mol. The van der Waals surface area contributed by atoms with Crippen LogP contribution in [0.1, 0.15) is 19.3 Å². The van der Waals surface area contributed by atoms with Gasteiger partial charge in [0.2, 0.25) is 0 Å². The van der Waals surface area contributed by atoms with Gasteiger partial charge in [0.1, 0.15) is 23.7 Å². The fourth-order valence-electron chi connectivity index (χ4n) is 4.25. The van der Waals surface area contributed by atoms with Gasteiger partial charge in [-0.25, -0.2) is 9.97 Å². The monoisotopic (exact) mass is 463 g/mol. The molecule has 33 heavy (non-hydrogen) atoms. The highest BCUT2D eigenvalue weighted by Gasteiger charge is 2.31. The number of hydrogen-bond acceptors (Lipinski definition) is 9. The highest BCUT2D eigenvalue weighted by molar-refractivity contribution is 7.80. The van der Waals surface area contributed by atoms with Crippen molar-refractivity contribution in [1.29, 1.82) is 5.26 Å². The first-order valence-electron chi connectivity index (χ1n) is 10.7. The smallest absolute Gasteiger partial charge is 0.274 e. The molecule has 1 aromatic carbocycles. The summed E-state index contributed by atoms with van der Waals surface area (Å²) in [6.45, 7) is 1.58. The number of piperidine rings is 1. The van der Waals surface area contributed by atoms with Gasteiger partial charge in [0.15, 0.2) is 5.65 Å². The van der Waals surface area contributed by atoms with Gasteiger partial charge in [-0.1, -0.05) is 0 Å². The maximum Gasteiger partial charge on any atom is 0.274 e. The van der Waals surface area contributed by atoms with Crippen molar-refractivity contribution >= 4 is 45.7 Å². The molecule has 0 saturated carbocycles. The maximum atomic E-state index is 12.1. The number of nitrogen functional groups attached to an aromatic ring is 1. The molecule has 0 radical (unpaired) electrons. The van der Waals surface area contributed by atoms with Crippen LogP contribution in [0.15, 0.2) is 42.9 Å². The van der Waals surface area contributed by atoms with Gasteiger partial charge in [0.25, 0.3) is 5.17 Å². The lowest BCUT2D eigenvalue weighted by molar-refractivity contribution is -0.119. The van der Waals surface area contributed by atoms with Crippen molar-refractivity contribution in [2.45, 2.75) is 25.3 Å². The Labute approximate surface area is 197 Å². The van der Waals surface area contributed by atoms with Gasteiger partial charge < -0.3 is 20.7 Å². The van der Waals surface area contributed by atoms with Crippen molar-refractivity contribution in [3.05, 3.63) is 42.9 Å². The zero-order valence-electron chi connectivity index (χ0n) is 18.3. The fourth-order valence-corrected chi connectivity index (χ4v) is 4.49. The average Bonchev–Trinajstić information content (AvgIpc) is 3.25. The third-order valence-corrected chi connectivity index (χ3v) is 6.21. The second-order valence-corrected chi connectivity index (χ2v) is 8.42. The highest BCUT2D eigenvalue weighted by atomic mass is 32.1. The number of hydrogen-bond donors (Lipinski definition) is 2. The van der Waals surface area contributed by atoms with Crippen LogP contribution >= 0.6 is 12.2 Å². The second-order valence-electron chi connectivity index (χ2n) is 8.07. The minimum absolute atomic E-state index is 0.0213. The molecule has 0 unspecified atom stereocenters. The van der Waals surface area contributed by atoms with Crippen molar-refractivity contribution in [1.82, 2.24) is 19.9 Å². The van der Waals surface area contributed by atoms with Gasteiger partial charge in [0, 0.05) is 37.9 Å². The first kappa shape index (κ1) is 22.6. The van der Waals surface area contributed by atoms with Crippen LogP contribution in [0.2, 0.25) is 0 Å². The van der Waals surface area contributed by atoms with Crippen LogP contribution in [0.5, 0.6) is 5.75 Å². The van der Waals surface area contributed by atoms with E-state index in [0.717, 1.165) is 30.7 Å². The molecule has 2 aromatic heterocycles. The van der Waals surface area contributed by atoms with Gasteiger partial charge in [-0.05, 0) is 61.4 Å². The Balaban J connectivity index is 1.58. The van der Waals surface area contributed by atoms with Crippen LogP contribution in [-0.4, -0.2) is 51.7 Å². The molecule has 1 aliphatic heterocycles. The SMILES string of the molecule is CN(c1ncnc2c1ccn2C(=S)Oc1ccc(N)cc1)[C@H]1CNCC[C@@H]1CC(=O)CC#N. The number of nitriles is 1. The summed E-state index contributed by atoms with van der Waals surface area (Å²) in [6.07, 6.45) is 4.51. The summed E-state index contributed by atoms with van der Waals surface area (Å²) in [5.74, 6) is 1.45. The Morgan fingerprint density at radius 2 is 2.15 bits per heavy atom. The standard InChI is InChI=1S/C23H25N7O2S/c1-29(20-13-26-10-7-15(20)12-17(31)6-9-24)21-19-8-11-30(22(19)28-14-27-21)23(33)32-18-4-2-16(25)3-5-18/h2-5,8,11,14-15,20,26H,6-7,10,12-13,25H2,1H3/t15-,20+/m1/s1. The Bertz CT molecular complexity index is 1200. The number of benzene rings is 1. The van der Waals surface area contributed by atoms with Crippen LogP contribution in [0, 0.1) is 17.2 Å². The number of nitrogens with zero attached hydrogens (tertiary/aromatic N) is 5.